The zero-order chi connectivity index (χ0) is 19.4. The molecule has 0 spiro atoms. The van der Waals surface area contributed by atoms with Gasteiger partial charge in [0.05, 0.1) is 4.91 Å². The maximum Gasteiger partial charge on any atom is 0.293 e. The molecule has 0 bridgehead atoms. The van der Waals surface area contributed by atoms with Crippen LogP contribution >= 0.6 is 35.0 Å². The van der Waals surface area contributed by atoms with E-state index >= 15 is 0 Å². The molecule has 3 rings (SSSR count). The van der Waals surface area contributed by atoms with Crippen LogP contribution in [0, 0.1) is 0 Å². The standard InChI is InChI=1S/C18H13Cl2N3O3S/c19-13-2-1-12(14(20)10-13)9-15-17(25)23(18(26)27-15)8-7-22-16(24)11-3-5-21-6-4-11/h1-6,9-10H,7-8H2,(H,22,24)/b15-9-. The summed E-state index contributed by atoms with van der Waals surface area (Å²) >= 11 is 12.8. The van der Waals surface area contributed by atoms with Gasteiger partial charge in [0, 0.05) is 41.1 Å². The molecule has 1 aliphatic heterocycles. The first-order valence-electron chi connectivity index (χ1n) is 7.84. The molecule has 0 aliphatic carbocycles. The van der Waals surface area contributed by atoms with Crippen LogP contribution in [0.4, 0.5) is 4.79 Å². The van der Waals surface area contributed by atoms with Crippen molar-refractivity contribution in [2.75, 3.05) is 13.1 Å². The fourth-order valence-electron chi connectivity index (χ4n) is 2.34. The number of carbonyl (C=O) groups is 3. The van der Waals surface area contributed by atoms with E-state index in [1.54, 1.807) is 36.4 Å². The van der Waals surface area contributed by atoms with Gasteiger partial charge in [-0.05, 0) is 47.7 Å². The van der Waals surface area contributed by atoms with Crippen LogP contribution in [0.25, 0.3) is 6.08 Å². The van der Waals surface area contributed by atoms with Crippen LogP contribution in [0.2, 0.25) is 10.0 Å². The van der Waals surface area contributed by atoms with Crippen molar-refractivity contribution in [3.05, 3.63) is 68.8 Å². The zero-order valence-corrected chi connectivity index (χ0v) is 16.1. The van der Waals surface area contributed by atoms with Crippen LogP contribution in [0.1, 0.15) is 15.9 Å². The molecule has 0 atom stereocenters. The summed E-state index contributed by atoms with van der Waals surface area (Å²) in [6.07, 6.45) is 4.58. The smallest absolute Gasteiger partial charge is 0.293 e. The van der Waals surface area contributed by atoms with E-state index in [1.807, 2.05) is 0 Å². The number of thioether (sulfide) groups is 1. The highest BCUT2D eigenvalue weighted by Crippen LogP contribution is 2.33. The van der Waals surface area contributed by atoms with Crippen LogP contribution in [0.5, 0.6) is 0 Å². The average molecular weight is 422 g/mol. The number of benzene rings is 1. The number of hydrogen-bond donors (Lipinski definition) is 1. The molecular formula is C18H13Cl2N3O3S. The molecule has 0 saturated carbocycles. The normalized spacial score (nSPS) is 15.5. The number of hydrogen-bond acceptors (Lipinski definition) is 5. The summed E-state index contributed by atoms with van der Waals surface area (Å²) in [5, 5.41) is 3.15. The molecule has 1 saturated heterocycles. The maximum absolute atomic E-state index is 12.5. The van der Waals surface area contributed by atoms with Gasteiger partial charge < -0.3 is 5.32 Å². The van der Waals surface area contributed by atoms with Crippen molar-refractivity contribution in [3.63, 3.8) is 0 Å². The highest BCUT2D eigenvalue weighted by molar-refractivity contribution is 8.18. The zero-order valence-electron chi connectivity index (χ0n) is 13.8. The van der Waals surface area contributed by atoms with Gasteiger partial charge in [0.2, 0.25) is 0 Å². The van der Waals surface area contributed by atoms with Gasteiger partial charge in [-0.1, -0.05) is 29.3 Å². The summed E-state index contributed by atoms with van der Waals surface area (Å²) in [6.45, 7) is 0.224. The van der Waals surface area contributed by atoms with E-state index in [9.17, 15) is 14.4 Å². The second-order valence-corrected chi connectivity index (χ2v) is 7.33. The Labute approximate surface area is 169 Å². The number of rotatable bonds is 5. The van der Waals surface area contributed by atoms with Crippen LogP contribution in [0.3, 0.4) is 0 Å². The Balaban J connectivity index is 1.62. The third-order valence-corrected chi connectivity index (χ3v) is 5.16. The number of aromatic nitrogens is 1. The van der Waals surface area contributed by atoms with Gasteiger partial charge >= 0.3 is 0 Å². The summed E-state index contributed by atoms with van der Waals surface area (Å²) < 4.78 is 0. The lowest BCUT2D eigenvalue weighted by molar-refractivity contribution is -0.122. The van der Waals surface area contributed by atoms with E-state index in [0.717, 1.165) is 16.7 Å². The van der Waals surface area contributed by atoms with Crippen molar-refractivity contribution in [1.29, 1.82) is 0 Å². The second-order valence-electron chi connectivity index (χ2n) is 5.49. The molecule has 0 radical (unpaired) electrons. The fraction of sp³-hybridized carbons (Fsp3) is 0.111. The molecular weight excluding hydrogens is 409 g/mol. The minimum atomic E-state index is -0.422. The SMILES string of the molecule is O=C(NCCN1C(=O)S/C(=C\c2ccc(Cl)cc2Cl)C1=O)c1ccncc1. The molecule has 6 nitrogen and oxygen atoms in total. The molecule has 27 heavy (non-hydrogen) atoms. The summed E-state index contributed by atoms with van der Waals surface area (Å²) in [4.78, 5) is 41.8. The molecule has 9 heteroatoms. The summed E-state index contributed by atoms with van der Waals surface area (Å²) in [7, 11) is 0. The lowest BCUT2D eigenvalue weighted by Gasteiger charge is -2.13. The number of nitrogens with zero attached hydrogens (tertiary/aromatic N) is 2. The fourth-order valence-corrected chi connectivity index (χ4v) is 3.66. The summed E-state index contributed by atoms with van der Waals surface area (Å²) in [5.74, 6) is -0.720. The first-order chi connectivity index (χ1) is 13.0. The summed E-state index contributed by atoms with van der Waals surface area (Å²) in [5.41, 5.74) is 1.05. The molecule has 2 heterocycles. The van der Waals surface area contributed by atoms with E-state index < -0.39 is 11.1 Å². The Morgan fingerprint density at radius 1 is 1.19 bits per heavy atom. The third-order valence-electron chi connectivity index (χ3n) is 3.69. The number of imide groups is 1. The first kappa shape index (κ1) is 19.4. The predicted molar refractivity (Wildman–Crippen MR) is 106 cm³/mol. The molecule has 2 aromatic rings. The lowest BCUT2D eigenvalue weighted by Crippen LogP contribution is -2.37. The second kappa shape index (κ2) is 8.56. The van der Waals surface area contributed by atoms with Crippen LogP contribution in [-0.2, 0) is 4.79 Å². The van der Waals surface area contributed by atoms with E-state index in [2.05, 4.69) is 10.3 Å². The average Bonchev–Trinajstić information content (AvgIpc) is 2.92. The number of nitrogens with one attached hydrogen (secondary N) is 1. The molecule has 1 aromatic heterocycles. The Morgan fingerprint density at radius 3 is 2.63 bits per heavy atom. The molecule has 3 amide bonds. The van der Waals surface area contributed by atoms with E-state index in [-0.39, 0.29) is 23.9 Å². The van der Waals surface area contributed by atoms with Crippen molar-refractivity contribution < 1.29 is 14.4 Å². The Bertz CT molecular complexity index is 935. The molecule has 0 unspecified atom stereocenters. The Morgan fingerprint density at radius 2 is 1.93 bits per heavy atom. The monoisotopic (exact) mass is 421 g/mol. The van der Waals surface area contributed by atoms with Gasteiger partial charge in [0.15, 0.2) is 0 Å². The maximum atomic E-state index is 12.5. The van der Waals surface area contributed by atoms with Crippen molar-refractivity contribution in [2.24, 2.45) is 0 Å². The quantitative estimate of drug-likeness (QED) is 0.741. The lowest BCUT2D eigenvalue weighted by atomic mass is 10.2. The summed E-state index contributed by atoms with van der Waals surface area (Å²) in [6, 6.07) is 8.04. The molecule has 138 valence electrons. The van der Waals surface area contributed by atoms with Crippen molar-refractivity contribution in [3.8, 4) is 0 Å². The van der Waals surface area contributed by atoms with Crippen molar-refractivity contribution in [2.45, 2.75) is 0 Å². The van der Waals surface area contributed by atoms with Crippen molar-refractivity contribution >= 4 is 58.1 Å². The first-order valence-corrected chi connectivity index (χ1v) is 9.41. The van der Waals surface area contributed by atoms with Crippen molar-refractivity contribution in [1.82, 2.24) is 15.2 Å². The van der Waals surface area contributed by atoms with Gasteiger partial charge in [-0.3, -0.25) is 24.3 Å². The third kappa shape index (κ3) is 4.68. The van der Waals surface area contributed by atoms with Gasteiger partial charge in [-0.25, -0.2) is 0 Å². The number of amides is 3. The van der Waals surface area contributed by atoms with E-state index in [1.165, 1.54) is 12.4 Å². The molecule has 1 aromatic carbocycles. The van der Waals surface area contributed by atoms with Crippen LogP contribution in [-0.4, -0.2) is 40.0 Å². The number of halogens is 2. The van der Waals surface area contributed by atoms with Gasteiger partial charge in [0.25, 0.3) is 17.1 Å². The number of pyridine rings is 1. The highest BCUT2D eigenvalue weighted by Gasteiger charge is 2.34. The Kier molecular flexibility index (Phi) is 6.15. The van der Waals surface area contributed by atoms with E-state index in [0.29, 0.717) is 21.2 Å². The van der Waals surface area contributed by atoms with Crippen LogP contribution < -0.4 is 5.32 Å². The highest BCUT2D eigenvalue weighted by atomic mass is 35.5. The predicted octanol–water partition coefficient (Wildman–Crippen LogP) is 3.85. The number of carbonyl (C=O) groups excluding carboxylic acids is 3. The minimum Gasteiger partial charge on any atom is -0.350 e. The van der Waals surface area contributed by atoms with Crippen LogP contribution in [0.15, 0.2) is 47.6 Å². The van der Waals surface area contributed by atoms with Gasteiger partial charge in [0.1, 0.15) is 0 Å². The molecule has 1 N–H and O–H groups in total. The molecule has 1 aliphatic rings. The van der Waals surface area contributed by atoms with Gasteiger partial charge in [-0.2, -0.15) is 0 Å². The minimum absolute atomic E-state index is 0.0766. The van der Waals surface area contributed by atoms with E-state index in [4.69, 9.17) is 23.2 Å². The Hall–Kier alpha value is -2.35. The topological polar surface area (TPSA) is 79.4 Å². The van der Waals surface area contributed by atoms with Gasteiger partial charge in [-0.15, -0.1) is 0 Å². The molecule has 1 fully saturated rings. The largest absolute Gasteiger partial charge is 0.350 e.